The van der Waals surface area contributed by atoms with E-state index in [0.29, 0.717) is 6.42 Å². The van der Waals surface area contributed by atoms with E-state index in [-0.39, 0.29) is 10.7 Å². The molecule has 2 rings (SSSR count). The Balaban J connectivity index is 2.03. The third-order valence-electron chi connectivity index (χ3n) is 3.00. The summed E-state index contributed by atoms with van der Waals surface area (Å²) < 4.78 is 0. The zero-order valence-electron chi connectivity index (χ0n) is 10.8. The third kappa shape index (κ3) is 3.67. The molecule has 0 aliphatic carbocycles. The van der Waals surface area contributed by atoms with Crippen LogP contribution in [0.15, 0.2) is 60.7 Å². The van der Waals surface area contributed by atoms with Gasteiger partial charge in [-0.05, 0) is 24.1 Å². The number of carbonyl (C=O) groups excluding carboxylic acids is 1. The van der Waals surface area contributed by atoms with Gasteiger partial charge in [0.2, 0.25) is 5.91 Å². The average Bonchev–Trinajstić information content (AvgIpc) is 2.47. The van der Waals surface area contributed by atoms with Gasteiger partial charge in [-0.3, -0.25) is 4.79 Å². The first-order chi connectivity index (χ1) is 9.18. The van der Waals surface area contributed by atoms with Crippen molar-refractivity contribution in [2.24, 2.45) is 0 Å². The molecule has 2 aromatic carbocycles. The zero-order valence-corrected chi connectivity index (χ0v) is 12.4. The maximum atomic E-state index is 12.3. The number of alkyl halides is 1. The molecule has 98 valence electrons. The molecule has 0 aliphatic rings. The van der Waals surface area contributed by atoms with Crippen molar-refractivity contribution in [2.75, 3.05) is 11.9 Å². The number of rotatable bonds is 4. The van der Waals surface area contributed by atoms with Crippen molar-refractivity contribution in [3.8, 4) is 0 Å². The molecular weight excluding hydrogens is 302 g/mol. The minimum Gasteiger partial charge on any atom is -0.315 e. The first kappa shape index (κ1) is 13.8. The highest BCUT2D eigenvalue weighted by atomic mass is 79.9. The maximum absolute atomic E-state index is 12.3. The van der Waals surface area contributed by atoms with Crippen LogP contribution in [0.4, 0.5) is 5.69 Å². The van der Waals surface area contributed by atoms with Gasteiger partial charge in [0.25, 0.3) is 0 Å². The number of para-hydroxylation sites is 1. The Hall–Kier alpha value is -1.61. The lowest BCUT2D eigenvalue weighted by atomic mass is 10.1. The summed E-state index contributed by atoms with van der Waals surface area (Å²) in [6, 6.07) is 19.7. The molecule has 0 bridgehead atoms. The first-order valence-electron chi connectivity index (χ1n) is 6.19. The summed E-state index contributed by atoms with van der Waals surface area (Å²) in [4.78, 5) is 13.8. The molecule has 0 N–H and O–H groups in total. The predicted octanol–water partition coefficient (Wildman–Crippen LogP) is 3.66. The molecule has 0 radical (unpaired) electrons. The van der Waals surface area contributed by atoms with E-state index in [9.17, 15) is 4.79 Å². The molecule has 0 saturated heterocycles. The monoisotopic (exact) mass is 317 g/mol. The fraction of sp³-hybridized carbons (Fsp3) is 0.188. The Morgan fingerprint density at radius 2 is 1.58 bits per heavy atom. The van der Waals surface area contributed by atoms with E-state index in [4.69, 9.17) is 0 Å². The average molecular weight is 318 g/mol. The van der Waals surface area contributed by atoms with Gasteiger partial charge in [0.05, 0.1) is 4.83 Å². The van der Waals surface area contributed by atoms with Crippen LogP contribution in [0.2, 0.25) is 0 Å². The van der Waals surface area contributed by atoms with Crippen molar-refractivity contribution in [2.45, 2.75) is 11.2 Å². The number of amides is 1. The fourth-order valence-corrected chi connectivity index (χ4v) is 2.58. The summed E-state index contributed by atoms with van der Waals surface area (Å²) >= 11 is 3.49. The largest absolute Gasteiger partial charge is 0.315 e. The second-order valence-corrected chi connectivity index (χ2v) is 5.50. The van der Waals surface area contributed by atoms with Crippen LogP contribution in [0.25, 0.3) is 0 Å². The fourth-order valence-electron chi connectivity index (χ4n) is 1.90. The Bertz CT molecular complexity index is 527. The van der Waals surface area contributed by atoms with Gasteiger partial charge in [0, 0.05) is 12.7 Å². The molecule has 2 nitrogen and oxygen atoms in total. The van der Waals surface area contributed by atoms with E-state index in [1.54, 1.807) is 11.9 Å². The smallest absolute Gasteiger partial charge is 0.240 e. The first-order valence-corrected chi connectivity index (χ1v) is 7.10. The van der Waals surface area contributed by atoms with Gasteiger partial charge in [-0.1, -0.05) is 64.5 Å². The van der Waals surface area contributed by atoms with Gasteiger partial charge in [-0.25, -0.2) is 0 Å². The van der Waals surface area contributed by atoms with Crippen molar-refractivity contribution >= 4 is 27.5 Å². The molecule has 0 spiro atoms. The summed E-state index contributed by atoms with van der Waals surface area (Å²) in [7, 11) is 1.80. The zero-order chi connectivity index (χ0) is 13.7. The topological polar surface area (TPSA) is 20.3 Å². The van der Waals surface area contributed by atoms with Crippen molar-refractivity contribution in [1.82, 2.24) is 0 Å². The van der Waals surface area contributed by atoms with Crippen LogP contribution in [-0.4, -0.2) is 17.8 Å². The van der Waals surface area contributed by atoms with Crippen LogP contribution in [0, 0.1) is 0 Å². The Morgan fingerprint density at radius 3 is 2.16 bits per heavy atom. The number of carbonyl (C=O) groups is 1. The van der Waals surface area contributed by atoms with Gasteiger partial charge in [0.15, 0.2) is 0 Å². The van der Waals surface area contributed by atoms with Gasteiger partial charge < -0.3 is 4.90 Å². The number of hydrogen-bond acceptors (Lipinski definition) is 1. The number of halogens is 1. The number of anilines is 1. The lowest BCUT2D eigenvalue weighted by Gasteiger charge is -2.20. The minimum absolute atomic E-state index is 0.0649. The van der Waals surface area contributed by atoms with Gasteiger partial charge in [-0.15, -0.1) is 0 Å². The SMILES string of the molecule is CN(C(=O)C(Br)Cc1ccccc1)c1ccccc1. The highest BCUT2D eigenvalue weighted by Gasteiger charge is 2.20. The minimum atomic E-state index is -0.208. The van der Waals surface area contributed by atoms with E-state index >= 15 is 0 Å². The summed E-state index contributed by atoms with van der Waals surface area (Å²) in [5.41, 5.74) is 2.06. The van der Waals surface area contributed by atoms with Crippen LogP contribution in [0.1, 0.15) is 5.56 Å². The Labute approximate surface area is 122 Å². The summed E-state index contributed by atoms with van der Waals surface area (Å²) in [6.07, 6.45) is 0.691. The third-order valence-corrected chi connectivity index (χ3v) is 3.72. The number of benzene rings is 2. The van der Waals surface area contributed by atoms with Crippen molar-refractivity contribution in [3.05, 3.63) is 66.2 Å². The van der Waals surface area contributed by atoms with Crippen molar-refractivity contribution < 1.29 is 4.79 Å². The van der Waals surface area contributed by atoms with E-state index < -0.39 is 0 Å². The van der Waals surface area contributed by atoms with Crippen LogP contribution >= 0.6 is 15.9 Å². The van der Waals surface area contributed by atoms with Crippen LogP contribution < -0.4 is 4.90 Å². The highest BCUT2D eigenvalue weighted by Crippen LogP contribution is 2.17. The molecule has 1 atom stereocenters. The molecule has 0 aliphatic heterocycles. The lowest BCUT2D eigenvalue weighted by Crippen LogP contribution is -2.34. The van der Waals surface area contributed by atoms with E-state index in [1.807, 2.05) is 60.7 Å². The molecule has 0 aromatic heterocycles. The number of hydrogen-bond donors (Lipinski definition) is 0. The molecule has 0 heterocycles. The molecular formula is C16H16BrNO. The van der Waals surface area contributed by atoms with E-state index in [2.05, 4.69) is 15.9 Å². The second-order valence-electron chi connectivity index (χ2n) is 4.39. The molecule has 0 fully saturated rings. The van der Waals surface area contributed by atoms with Gasteiger partial charge >= 0.3 is 0 Å². The molecule has 19 heavy (non-hydrogen) atoms. The Morgan fingerprint density at radius 1 is 1.05 bits per heavy atom. The summed E-state index contributed by atoms with van der Waals surface area (Å²) in [5, 5.41) is 0. The maximum Gasteiger partial charge on any atom is 0.240 e. The van der Waals surface area contributed by atoms with Crippen molar-refractivity contribution in [1.29, 1.82) is 0 Å². The standard InChI is InChI=1S/C16H16BrNO/c1-18(14-10-6-3-7-11-14)16(19)15(17)12-13-8-4-2-5-9-13/h2-11,15H,12H2,1H3. The molecule has 0 saturated carbocycles. The van der Waals surface area contributed by atoms with Crippen LogP contribution in [-0.2, 0) is 11.2 Å². The van der Waals surface area contributed by atoms with E-state index in [0.717, 1.165) is 11.3 Å². The van der Waals surface area contributed by atoms with Gasteiger partial charge in [-0.2, -0.15) is 0 Å². The van der Waals surface area contributed by atoms with Gasteiger partial charge in [0.1, 0.15) is 0 Å². The molecule has 3 heteroatoms. The highest BCUT2D eigenvalue weighted by molar-refractivity contribution is 9.10. The molecule has 1 amide bonds. The second kappa shape index (κ2) is 6.53. The quantitative estimate of drug-likeness (QED) is 0.788. The summed E-state index contributed by atoms with van der Waals surface area (Å²) in [6.45, 7) is 0. The number of nitrogens with zero attached hydrogens (tertiary/aromatic N) is 1. The molecule has 1 unspecified atom stereocenters. The molecule has 2 aromatic rings. The predicted molar refractivity (Wildman–Crippen MR) is 82.7 cm³/mol. The van der Waals surface area contributed by atoms with Crippen molar-refractivity contribution in [3.63, 3.8) is 0 Å². The summed E-state index contributed by atoms with van der Waals surface area (Å²) in [5.74, 6) is 0.0649. The van der Waals surface area contributed by atoms with Crippen LogP contribution in [0.5, 0.6) is 0 Å². The lowest BCUT2D eigenvalue weighted by molar-refractivity contribution is -0.117. The normalized spacial score (nSPS) is 11.9. The van der Waals surface area contributed by atoms with Crippen LogP contribution in [0.3, 0.4) is 0 Å². The van der Waals surface area contributed by atoms with E-state index in [1.165, 1.54) is 0 Å². The Kier molecular flexibility index (Phi) is 4.74.